The lowest BCUT2D eigenvalue weighted by atomic mass is 9.86. The van der Waals surface area contributed by atoms with Crippen molar-refractivity contribution in [2.75, 3.05) is 0 Å². The second-order valence-corrected chi connectivity index (χ2v) is 8.29. The number of rotatable bonds is 17. The summed E-state index contributed by atoms with van der Waals surface area (Å²) in [5, 5.41) is 0. The Morgan fingerprint density at radius 2 is 1.04 bits per heavy atom. The van der Waals surface area contributed by atoms with Crippen LogP contribution in [-0.2, 0) is 0 Å². The summed E-state index contributed by atoms with van der Waals surface area (Å²) in [7, 11) is 0. The van der Waals surface area contributed by atoms with Gasteiger partial charge >= 0.3 is 0 Å². The predicted molar refractivity (Wildman–Crippen MR) is 107 cm³/mol. The van der Waals surface area contributed by atoms with Crippen LogP contribution in [0, 0.1) is 5.92 Å². The molecular formula is C21H44ClN. The molecule has 0 aliphatic carbocycles. The topological polar surface area (TPSA) is 12.0 Å². The lowest BCUT2D eigenvalue weighted by Gasteiger charge is -2.30. The summed E-state index contributed by atoms with van der Waals surface area (Å²) in [5.74, 6) is 0.636. The molecule has 1 N–H and O–H groups in total. The maximum absolute atomic E-state index is 5.80. The van der Waals surface area contributed by atoms with Gasteiger partial charge in [-0.05, 0) is 38.0 Å². The van der Waals surface area contributed by atoms with E-state index in [9.17, 15) is 0 Å². The lowest BCUT2D eigenvalue weighted by Crippen LogP contribution is -2.39. The maximum atomic E-state index is 5.80. The minimum Gasteiger partial charge on any atom is -0.228 e. The number of unbranched alkanes of at least 4 members (excludes halogenated alkanes) is 13. The fourth-order valence-corrected chi connectivity index (χ4v) is 3.29. The van der Waals surface area contributed by atoms with Gasteiger partial charge in [-0.2, -0.15) is 0 Å². The fourth-order valence-electron chi connectivity index (χ4n) is 3.10. The second-order valence-electron chi connectivity index (χ2n) is 8.10. The molecule has 1 atom stereocenters. The van der Waals surface area contributed by atoms with E-state index in [1.807, 2.05) is 0 Å². The van der Waals surface area contributed by atoms with E-state index in [2.05, 4.69) is 32.5 Å². The first-order chi connectivity index (χ1) is 11.0. The van der Waals surface area contributed by atoms with Crippen LogP contribution < -0.4 is 4.84 Å². The van der Waals surface area contributed by atoms with Crippen LogP contribution in [0.25, 0.3) is 0 Å². The molecule has 2 heteroatoms. The van der Waals surface area contributed by atoms with Gasteiger partial charge in [-0.25, -0.2) is 4.84 Å². The molecule has 0 saturated heterocycles. The molecule has 0 heterocycles. The van der Waals surface area contributed by atoms with E-state index in [-0.39, 0.29) is 5.54 Å². The average molecular weight is 346 g/mol. The van der Waals surface area contributed by atoms with Crippen molar-refractivity contribution in [2.45, 2.75) is 130 Å². The Balaban J connectivity index is 3.19. The number of nitrogens with one attached hydrogen (secondary N) is 1. The molecule has 0 rings (SSSR count). The van der Waals surface area contributed by atoms with Crippen LogP contribution >= 0.6 is 11.8 Å². The zero-order valence-corrected chi connectivity index (χ0v) is 17.3. The molecule has 0 aromatic heterocycles. The van der Waals surface area contributed by atoms with E-state index < -0.39 is 0 Å². The second kappa shape index (κ2) is 15.8. The van der Waals surface area contributed by atoms with Gasteiger partial charge < -0.3 is 0 Å². The standard InChI is InChI=1S/C21H44ClN/c1-5-6-7-8-9-10-11-12-13-14-15-16-17-18-19-20(2)21(3,4)23-22/h20,23H,5-19H2,1-4H3. The average Bonchev–Trinajstić information content (AvgIpc) is 2.54. The maximum Gasteiger partial charge on any atom is 0.0301 e. The summed E-state index contributed by atoms with van der Waals surface area (Å²) in [6, 6.07) is 0. The van der Waals surface area contributed by atoms with Gasteiger partial charge in [0.15, 0.2) is 0 Å². The Bertz CT molecular complexity index is 240. The summed E-state index contributed by atoms with van der Waals surface area (Å²) >= 11 is 5.80. The monoisotopic (exact) mass is 345 g/mol. The van der Waals surface area contributed by atoms with Crippen molar-refractivity contribution in [1.82, 2.24) is 4.84 Å². The zero-order chi connectivity index (χ0) is 17.4. The van der Waals surface area contributed by atoms with Crippen molar-refractivity contribution in [1.29, 1.82) is 0 Å². The van der Waals surface area contributed by atoms with E-state index >= 15 is 0 Å². The first-order valence-corrected chi connectivity index (χ1v) is 10.8. The first kappa shape index (κ1) is 23.2. The molecule has 23 heavy (non-hydrogen) atoms. The molecule has 0 bridgehead atoms. The van der Waals surface area contributed by atoms with Gasteiger partial charge in [-0.3, -0.25) is 0 Å². The molecule has 1 nitrogen and oxygen atoms in total. The van der Waals surface area contributed by atoms with Crippen LogP contribution in [0.15, 0.2) is 0 Å². The molecule has 0 aliphatic rings. The molecule has 0 amide bonds. The van der Waals surface area contributed by atoms with Crippen molar-refractivity contribution in [3.05, 3.63) is 0 Å². The largest absolute Gasteiger partial charge is 0.228 e. The van der Waals surface area contributed by atoms with E-state index in [0.717, 1.165) is 0 Å². The molecular weight excluding hydrogens is 302 g/mol. The third kappa shape index (κ3) is 14.3. The van der Waals surface area contributed by atoms with Crippen molar-refractivity contribution in [2.24, 2.45) is 5.92 Å². The van der Waals surface area contributed by atoms with Gasteiger partial charge in [-0.1, -0.05) is 104 Å². The van der Waals surface area contributed by atoms with E-state index in [1.165, 1.54) is 96.3 Å². The van der Waals surface area contributed by atoms with Gasteiger partial charge in [0, 0.05) is 5.54 Å². The van der Waals surface area contributed by atoms with E-state index in [1.54, 1.807) is 0 Å². The van der Waals surface area contributed by atoms with Gasteiger partial charge in [0.05, 0.1) is 0 Å². The lowest BCUT2D eigenvalue weighted by molar-refractivity contribution is 0.293. The van der Waals surface area contributed by atoms with Crippen molar-refractivity contribution in [3.63, 3.8) is 0 Å². The minimum atomic E-state index is 0.0537. The smallest absolute Gasteiger partial charge is 0.0301 e. The van der Waals surface area contributed by atoms with Gasteiger partial charge in [0.25, 0.3) is 0 Å². The molecule has 1 unspecified atom stereocenters. The predicted octanol–water partition coefficient (Wildman–Crippen LogP) is 8.02. The summed E-state index contributed by atoms with van der Waals surface area (Å²) in [4.78, 5) is 2.91. The molecule has 0 aromatic rings. The molecule has 0 saturated carbocycles. The summed E-state index contributed by atoms with van der Waals surface area (Å²) in [6.45, 7) is 8.97. The van der Waals surface area contributed by atoms with Gasteiger partial charge in [0.2, 0.25) is 0 Å². The van der Waals surface area contributed by atoms with Gasteiger partial charge in [0.1, 0.15) is 0 Å². The van der Waals surface area contributed by atoms with Crippen molar-refractivity contribution < 1.29 is 0 Å². The molecule has 0 radical (unpaired) electrons. The molecule has 140 valence electrons. The van der Waals surface area contributed by atoms with E-state index in [4.69, 9.17) is 11.8 Å². The quantitative estimate of drug-likeness (QED) is 0.208. The highest BCUT2D eigenvalue weighted by atomic mass is 35.5. The van der Waals surface area contributed by atoms with Crippen LogP contribution in [0.5, 0.6) is 0 Å². The first-order valence-electron chi connectivity index (χ1n) is 10.4. The number of hydrogen-bond donors (Lipinski definition) is 1. The van der Waals surface area contributed by atoms with Crippen LogP contribution in [0.1, 0.15) is 124 Å². The Kier molecular flexibility index (Phi) is 15.9. The van der Waals surface area contributed by atoms with Crippen LogP contribution in [-0.4, -0.2) is 5.54 Å². The van der Waals surface area contributed by atoms with Crippen LogP contribution in [0.3, 0.4) is 0 Å². The highest BCUT2D eigenvalue weighted by Gasteiger charge is 2.23. The zero-order valence-electron chi connectivity index (χ0n) is 16.6. The van der Waals surface area contributed by atoms with Gasteiger partial charge in [-0.15, -0.1) is 0 Å². The number of halogens is 1. The minimum absolute atomic E-state index is 0.0537. The normalized spacial score (nSPS) is 13.4. The van der Waals surface area contributed by atoms with E-state index in [0.29, 0.717) is 5.92 Å². The fraction of sp³-hybridized carbons (Fsp3) is 1.00. The molecule has 0 aliphatic heterocycles. The number of hydrogen-bond acceptors (Lipinski definition) is 1. The summed E-state index contributed by atoms with van der Waals surface area (Å²) < 4.78 is 0. The Hall–Kier alpha value is 0.250. The summed E-state index contributed by atoms with van der Waals surface area (Å²) in [6.07, 6.45) is 21.3. The molecule has 0 fully saturated rings. The third-order valence-electron chi connectivity index (χ3n) is 5.47. The van der Waals surface area contributed by atoms with Crippen molar-refractivity contribution in [3.8, 4) is 0 Å². The summed E-state index contributed by atoms with van der Waals surface area (Å²) in [5.41, 5.74) is 0.0537. The Labute approximate surface area is 152 Å². The highest BCUT2D eigenvalue weighted by Crippen LogP contribution is 2.23. The van der Waals surface area contributed by atoms with Crippen molar-refractivity contribution >= 4 is 11.8 Å². The SMILES string of the molecule is CCCCCCCCCCCCCCCCC(C)C(C)(C)NCl. The van der Waals surface area contributed by atoms with Crippen LogP contribution in [0.4, 0.5) is 0 Å². The Morgan fingerprint density at radius 1 is 0.696 bits per heavy atom. The molecule has 0 aromatic carbocycles. The van der Waals surface area contributed by atoms with Crippen LogP contribution in [0.2, 0.25) is 0 Å². The highest BCUT2D eigenvalue weighted by molar-refractivity contribution is 6.13. The Morgan fingerprint density at radius 3 is 1.39 bits per heavy atom. The molecule has 0 spiro atoms. The third-order valence-corrected chi connectivity index (χ3v) is 5.95.